The van der Waals surface area contributed by atoms with E-state index in [0.717, 1.165) is 21.7 Å². The van der Waals surface area contributed by atoms with Gasteiger partial charge in [0.1, 0.15) is 5.75 Å². The van der Waals surface area contributed by atoms with Crippen LogP contribution in [0.15, 0.2) is 46.9 Å². The van der Waals surface area contributed by atoms with E-state index in [2.05, 4.69) is 27.3 Å². The topological polar surface area (TPSA) is 21.3 Å². The van der Waals surface area contributed by atoms with Crippen LogP contribution in [0.1, 0.15) is 17.2 Å². The largest absolute Gasteiger partial charge is 0.496 e. The number of nitrogens with one attached hydrogen (secondary N) is 1. The van der Waals surface area contributed by atoms with Crippen molar-refractivity contribution >= 4 is 27.5 Å². The van der Waals surface area contributed by atoms with Crippen molar-refractivity contribution in [2.45, 2.75) is 12.5 Å². The zero-order valence-electron chi connectivity index (χ0n) is 11.5. The zero-order valence-corrected chi connectivity index (χ0v) is 13.8. The van der Waals surface area contributed by atoms with Gasteiger partial charge < -0.3 is 10.1 Å². The summed E-state index contributed by atoms with van der Waals surface area (Å²) < 4.78 is 6.43. The van der Waals surface area contributed by atoms with Gasteiger partial charge in [0.15, 0.2) is 0 Å². The molecule has 1 atom stereocenters. The second-order valence-corrected chi connectivity index (χ2v) is 5.81. The molecule has 2 rings (SSSR count). The van der Waals surface area contributed by atoms with Gasteiger partial charge in [-0.2, -0.15) is 0 Å². The van der Waals surface area contributed by atoms with Crippen LogP contribution in [0.25, 0.3) is 0 Å². The molecule has 0 spiro atoms. The van der Waals surface area contributed by atoms with Crippen molar-refractivity contribution in [2.75, 3.05) is 14.2 Å². The summed E-state index contributed by atoms with van der Waals surface area (Å²) in [5.41, 5.74) is 2.36. The summed E-state index contributed by atoms with van der Waals surface area (Å²) >= 11 is 9.58. The maximum atomic E-state index is 6.00. The fraction of sp³-hybridized carbons (Fsp3) is 0.250. The first kappa shape index (κ1) is 15.4. The number of ether oxygens (including phenoxy) is 1. The van der Waals surface area contributed by atoms with Gasteiger partial charge in [-0.3, -0.25) is 0 Å². The minimum Gasteiger partial charge on any atom is -0.496 e. The molecular formula is C16H17BrClNO. The van der Waals surface area contributed by atoms with E-state index in [1.165, 1.54) is 11.1 Å². The first-order valence-electron chi connectivity index (χ1n) is 6.39. The van der Waals surface area contributed by atoms with Crippen molar-refractivity contribution in [1.82, 2.24) is 5.32 Å². The van der Waals surface area contributed by atoms with Crippen LogP contribution in [-0.2, 0) is 6.42 Å². The van der Waals surface area contributed by atoms with Crippen molar-refractivity contribution in [1.29, 1.82) is 0 Å². The second-order valence-electron chi connectivity index (χ2n) is 4.52. The molecule has 1 unspecified atom stereocenters. The monoisotopic (exact) mass is 353 g/mol. The van der Waals surface area contributed by atoms with Gasteiger partial charge in [0.05, 0.1) is 7.11 Å². The number of methoxy groups -OCH3 is 1. The highest BCUT2D eigenvalue weighted by molar-refractivity contribution is 9.10. The van der Waals surface area contributed by atoms with E-state index in [1.807, 2.05) is 43.4 Å². The molecule has 0 radical (unpaired) electrons. The molecule has 20 heavy (non-hydrogen) atoms. The summed E-state index contributed by atoms with van der Waals surface area (Å²) in [6, 6.07) is 14.2. The van der Waals surface area contributed by atoms with E-state index >= 15 is 0 Å². The predicted molar refractivity (Wildman–Crippen MR) is 87.7 cm³/mol. The molecule has 0 aliphatic heterocycles. The molecule has 0 amide bonds. The first-order chi connectivity index (χ1) is 9.65. The minimum absolute atomic E-state index is 0.193. The Bertz CT molecular complexity index is 588. The summed E-state index contributed by atoms with van der Waals surface area (Å²) in [5, 5.41) is 4.08. The van der Waals surface area contributed by atoms with Gasteiger partial charge in [-0.1, -0.05) is 51.8 Å². The smallest absolute Gasteiger partial charge is 0.122 e. The number of likely N-dealkylation sites (N-methyl/N-ethyl adjacent to an activating group) is 1. The number of rotatable bonds is 5. The lowest BCUT2D eigenvalue weighted by atomic mass is 9.98. The molecular weight excluding hydrogens is 338 g/mol. The van der Waals surface area contributed by atoms with Gasteiger partial charge >= 0.3 is 0 Å². The van der Waals surface area contributed by atoms with E-state index in [-0.39, 0.29) is 6.04 Å². The van der Waals surface area contributed by atoms with E-state index < -0.39 is 0 Å². The predicted octanol–water partition coefficient (Wildman–Crippen LogP) is 4.61. The summed E-state index contributed by atoms with van der Waals surface area (Å²) in [4.78, 5) is 0. The van der Waals surface area contributed by atoms with Gasteiger partial charge in [-0.05, 0) is 42.8 Å². The van der Waals surface area contributed by atoms with E-state index in [9.17, 15) is 0 Å². The van der Waals surface area contributed by atoms with E-state index in [4.69, 9.17) is 16.3 Å². The Morgan fingerprint density at radius 2 is 2.00 bits per heavy atom. The molecule has 4 heteroatoms. The highest BCUT2D eigenvalue weighted by Crippen LogP contribution is 2.30. The molecule has 106 valence electrons. The lowest BCUT2D eigenvalue weighted by Gasteiger charge is -2.19. The molecule has 2 nitrogen and oxygen atoms in total. The van der Waals surface area contributed by atoms with Crippen molar-refractivity contribution in [3.05, 3.63) is 63.1 Å². The number of hydrogen-bond acceptors (Lipinski definition) is 2. The van der Waals surface area contributed by atoms with E-state index in [0.29, 0.717) is 0 Å². The summed E-state index contributed by atoms with van der Waals surface area (Å²) in [6.45, 7) is 0. The highest BCUT2D eigenvalue weighted by atomic mass is 79.9. The Labute approximate surface area is 133 Å². The van der Waals surface area contributed by atoms with Crippen LogP contribution in [0, 0.1) is 0 Å². The van der Waals surface area contributed by atoms with Crippen molar-refractivity contribution in [3.63, 3.8) is 0 Å². The van der Waals surface area contributed by atoms with Crippen LogP contribution in [0.3, 0.4) is 0 Å². The average molecular weight is 355 g/mol. The van der Waals surface area contributed by atoms with Gasteiger partial charge in [0.25, 0.3) is 0 Å². The number of halogens is 2. The lowest BCUT2D eigenvalue weighted by molar-refractivity contribution is 0.406. The summed E-state index contributed by atoms with van der Waals surface area (Å²) in [7, 11) is 3.66. The van der Waals surface area contributed by atoms with Crippen molar-refractivity contribution in [3.8, 4) is 5.75 Å². The molecule has 1 N–H and O–H groups in total. The Morgan fingerprint density at radius 3 is 2.65 bits per heavy atom. The maximum absolute atomic E-state index is 6.00. The third-order valence-electron chi connectivity index (χ3n) is 3.30. The molecule has 0 aliphatic rings. The summed E-state index contributed by atoms with van der Waals surface area (Å²) in [5.74, 6) is 0.915. The average Bonchev–Trinajstić information content (AvgIpc) is 2.46. The molecule has 0 saturated heterocycles. The summed E-state index contributed by atoms with van der Waals surface area (Å²) in [6.07, 6.45) is 0.848. The fourth-order valence-electron chi connectivity index (χ4n) is 2.24. The van der Waals surface area contributed by atoms with Crippen LogP contribution in [0.5, 0.6) is 5.75 Å². The van der Waals surface area contributed by atoms with E-state index in [1.54, 1.807) is 7.11 Å². The lowest BCUT2D eigenvalue weighted by Crippen LogP contribution is -2.19. The number of para-hydroxylation sites is 1. The zero-order chi connectivity index (χ0) is 14.5. The molecule has 2 aromatic rings. The molecule has 2 aromatic carbocycles. The third-order valence-corrected chi connectivity index (χ3v) is 4.22. The van der Waals surface area contributed by atoms with Gasteiger partial charge in [-0.25, -0.2) is 0 Å². The van der Waals surface area contributed by atoms with Gasteiger partial charge in [-0.15, -0.1) is 0 Å². The van der Waals surface area contributed by atoms with Crippen LogP contribution in [0.4, 0.5) is 0 Å². The van der Waals surface area contributed by atoms with Crippen LogP contribution in [-0.4, -0.2) is 14.2 Å². The number of benzene rings is 2. The molecule has 0 aromatic heterocycles. The Kier molecular flexibility index (Phi) is 5.46. The number of hydrogen-bond donors (Lipinski definition) is 1. The van der Waals surface area contributed by atoms with Crippen molar-refractivity contribution < 1.29 is 4.74 Å². The molecule has 0 bridgehead atoms. The van der Waals surface area contributed by atoms with Gasteiger partial charge in [0, 0.05) is 15.5 Å². The maximum Gasteiger partial charge on any atom is 0.122 e. The molecule has 0 saturated carbocycles. The van der Waals surface area contributed by atoms with Crippen LogP contribution in [0.2, 0.25) is 5.02 Å². The molecule has 0 aliphatic carbocycles. The van der Waals surface area contributed by atoms with Crippen LogP contribution >= 0.6 is 27.5 Å². The molecule has 0 fully saturated rings. The SMILES string of the molecule is CNC(Cc1ccccc1OC)c1ccc(Cl)cc1Br. The second kappa shape index (κ2) is 7.11. The minimum atomic E-state index is 0.193. The quantitative estimate of drug-likeness (QED) is 0.846. The fourth-order valence-corrected chi connectivity index (χ4v) is 3.20. The van der Waals surface area contributed by atoms with Crippen molar-refractivity contribution in [2.24, 2.45) is 0 Å². The Hall–Kier alpha value is -1.03. The normalized spacial score (nSPS) is 12.2. The third kappa shape index (κ3) is 3.54. The highest BCUT2D eigenvalue weighted by Gasteiger charge is 2.15. The standard InChI is InChI=1S/C16H17BrClNO/c1-19-15(13-8-7-12(18)10-14(13)17)9-11-5-3-4-6-16(11)20-2/h3-8,10,15,19H,9H2,1-2H3. The Balaban J connectivity index is 2.29. The van der Waals surface area contributed by atoms with Crippen LogP contribution < -0.4 is 10.1 Å². The first-order valence-corrected chi connectivity index (χ1v) is 7.57. The molecule has 0 heterocycles. The van der Waals surface area contributed by atoms with Gasteiger partial charge in [0.2, 0.25) is 0 Å². The Morgan fingerprint density at radius 1 is 1.25 bits per heavy atom.